The van der Waals surface area contributed by atoms with Gasteiger partial charge in [-0.3, -0.25) is 19.4 Å². The molecule has 8 heteroatoms. The quantitative estimate of drug-likeness (QED) is 0.529. The van der Waals surface area contributed by atoms with Gasteiger partial charge in [0, 0.05) is 24.9 Å². The summed E-state index contributed by atoms with van der Waals surface area (Å²) in [6.07, 6.45) is 3.44. The van der Waals surface area contributed by atoms with Gasteiger partial charge in [-0.25, -0.2) is 4.79 Å². The Balaban J connectivity index is 2.09. The van der Waals surface area contributed by atoms with Crippen LogP contribution in [0.5, 0.6) is 0 Å². The highest BCUT2D eigenvalue weighted by Gasteiger charge is 2.14. The van der Waals surface area contributed by atoms with Crippen molar-refractivity contribution >= 4 is 16.8 Å². The number of rotatable bonds is 3. The highest BCUT2D eigenvalue weighted by atomic mass is 16.6. The van der Waals surface area contributed by atoms with Crippen LogP contribution in [0.4, 0.5) is 5.69 Å². The second kappa shape index (κ2) is 4.34. The number of non-ortho nitro benzene ring substituents is 1. The third-order valence-electron chi connectivity index (χ3n) is 2.96. The third kappa shape index (κ3) is 1.96. The van der Waals surface area contributed by atoms with Gasteiger partial charge in [-0.05, 0) is 6.07 Å². The number of nitro groups is 1. The first kappa shape index (κ1) is 12.2. The predicted molar refractivity (Wildman–Crippen MR) is 69.4 cm³/mol. The second-order valence-corrected chi connectivity index (χ2v) is 4.39. The fraction of sp³-hybridized carbons (Fsp3) is 0.167. The number of nitrogens with zero attached hydrogens (tertiary/aromatic N) is 4. The lowest BCUT2D eigenvalue weighted by Crippen LogP contribution is -2.14. The number of hydrogen-bond donors (Lipinski definition) is 0. The maximum atomic E-state index is 11.8. The summed E-state index contributed by atoms with van der Waals surface area (Å²) in [5.41, 5.74) is 1.45. The number of fused-ring (bicyclic) bond motifs is 1. The van der Waals surface area contributed by atoms with Crippen LogP contribution in [0.3, 0.4) is 0 Å². The number of aromatic nitrogens is 3. The van der Waals surface area contributed by atoms with E-state index in [0.29, 0.717) is 12.1 Å². The van der Waals surface area contributed by atoms with Gasteiger partial charge in [0.15, 0.2) is 5.58 Å². The van der Waals surface area contributed by atoms with Crippen LogP contribution in [0.15, 0.2) is 39.8 Å². The van der Waals surface area contributed by atoms with E-state index in [1.54, 1.807) is 24.1 Å². The molecule has 0 aliphatic rings. The van der Waals surface area contributed by atoms with E-state index >= 15 is 0 Å². The lowest BCUT2D eigenvalue weighted by molar-refractivity contribution is -0.384. The SMILES string of the molecule is Cn1cc(Cn2c(=O)oc3cc([N+](=O)[O-])ccc32)cn1. The van der Waals surface area contributed by atoms with E-state index in [2.05, 4.69) is 5.10 Å². The highest BCUT2D eigenvalue weighted by molar-refractivity contribution is 5.75. The van der Waals surface area contributed by atoms with Crippen LogP contribution in [-0.4, -0.2) is 19.3 Å². The van der Waals surface area contributed by atoms with E-state index in [1.165, 1.54) is 22.8 Å². The zero-order valence-corrected chi connectivity index (χ0v) is 10.5. The molecule has 102 valence electrons. The van der Waals surface area contributed by atoms with Crippen molar-refractivity contribution in [3.05, 3.63) is 56.8 Å². The Morgan fingerprint density at radius 3 is 2.90 bits per heavy atom. The molecule has 3 rings (SSSR count). The summed E-state index contributed by atoms with van der Waals surface area (Å²) in [4.78, 5) is 22.0. The van der Waals surface area contributed by atoms with Gasteiger partial charge >= 0.3 is 5.76 Å². The Labute approximate surface area is 112 Å². The van der Waals surface area contributed by atoms with E-state index in [9.17, 15) is 14.9 Å². The Kier molecular flexibility index (Phi) is 2.63. The molecule has 0 bridgehead atoms. The Bertz CT molecular complexity index is 858. The van der Waals surface area contributed by atoms with Crippen molar-refractivity contribution < 1.29 is 9.34 Å². The second-order valence-electron chi connectivity index (χ2n) is 4.39. The van der Waals surface area contributed by atoms with E-state index in [0.717, 1.165) is 5.56 Å². The van der Waals surface area contributed by atoms with Crippen LogP contribution >= 0.6 is 0 Å². The topological polar surface area (TPSA) is 96.1 Å². The third-order valence-corrected chi connectivity index (χ3v) is 2.96. The van der Waals surface area contributed by atoms with Crippen molar-refractivity contribution in [2.75, 3.05) is 0 Å². The van der Waals surface area contributed by atoms with Crippen LogP contribution in [0.2, 0.25) is 0 Å². The lowest BCUT2D eigenvalue weighted by Gasteiger charge is -1.98. The van der Waals surface area contributed by atoms with E-state index in [4.69, 9.17) is 4.42 Å². The van der Waals surface area contributed by atoms with Crippen molar-refractivity contribution in [3.63, 3.8) is 0 Å². The van der Waals surface area contributed by atoms with Crippen LogP contribution in [0, 0.1) is 10.1 Å². The Morgan fingerprint density at radius 1 is 1.45 bits per heavy atom. The van der Waals surface area contributed by atoms with E-state index < -0.39 is 10.7 Å². The van der Waals surface area contributed by atoms with Crippen LogP contribution in [-0.2, 0) is 13.6 Å². The molecule has 0 amide bonds. The van der Waals surface area contributed by atoms with E-state index in [-0.39, 0.29) is 11.3 Å². The van der Waals surface area contributed by atoms with Crippen molar-refractivity contribution in [2.45, 2.75) is 6.54 Å². The largest absolute Gasteiger partial charge is 0.420 e. The van der Waals surface area contributed by atoms with Gasteiger partial charge in [0.05, 0.1) is 29.2 Å². The van der Waals surface area contributed by atoms with Crippen molar-refractivity contribution in [1.82, 2.24) is 14.3 Å². The molecule has 0 unspecified atom stereocenters. The minimum absolute atomic E-state index is 0.111. The van der Waals surface area contributed by atoms with Gasteiger partial charge in [-0.2, -0.15) is 5.10 Å². The van der Waals surface area contributed by atoms with Gasteiger partial charge in [0.1, 0.15) is 0 Å². The summed E-state index contributed by atoms with van der Waals surface area (Å²) >= 11 is 0. The molecule has 0 fully saturated rings. The monoisotopic (exact) mass is 274 g/mol. The van der Waals surface area contributed by atoms with Crippen molar-refractivity contribution in [1.29, 1.82) is 0 Å². The number of hydrogen-bond acceptors (Lipinski definition) is 5. The summed E-state index contributed by atoms with van der Waals surface area (Å²) in [5.74, 6) is -0.552. The first-order chi connectivity index (χ1) is 9.54. The van der Waals surface area contributed by atoms with Gasteiger partial charge in [-0.15, -0.1) is 0 Å². The average molecular weight is 274 g/mol. The maximum absolute atomic E-state index is 11.8. The van der Waals surface area contributed by atoms with Crippen LogP contribution < -0.4 is 5.76 Å². The minimum Gasteiger partial charge on any atom is -0.407 e. The van der Waals surface area contributed by atoms with Crippen molar-refractivity contribution in [3.8, 4) is 0 Å². The summed E-state index contributed by atoms with van der Waals surface area (Å²) in [5, 5.41) is 14.7. The molecular formula is C12H10N4O4. The van der Waals surface area contributed by atoms with Gasteiger partial charge in [0.25, 0.3) is 5.69 Å². The molecule has 0 saturated heterocycles. The number of oxazole rings is 1. The molecule has 0 spiro atoms. The van der Waals surface area contributed by atoms with Gasteiger partial charge in [-0.1, -0.05) is 0 Å². The average Bonchev–Trinajstić information content (AvgIpc) is 2.94. The molecule has 0 aliphatic heterocycles. The predicted octanol–water partition coefficient (Wildman–Crippen LogP) is 1.28. The normalized spacial score (nSPS) is 11.1. The molecule has 1 aromatic carbocycles. The zero-order chi connectivity index (χ0) is 14.3. The Morgan fingerprint density at radius 2 is 2.25 bits per heavy atom. The number of aryl methyl sites for hydroxylation is 1. The van der Waals surface area contributed by atoms with E-state index in [1.807, 2.05) is 0 Å². The molecule has 8 nitrogen and oxygen atoms in total. The van der Waals surface area contributed by atoms with Gasteiger partial charge < -0.3 is 4.42 Å². The molecule has 2 heterocycles. The number of benzene rings is 1. The van der Waals surface area contributed by atoms with Crippen molar-refractivity contribution in [2.24, 2.45) is 7.05 Å². The van der Waals surface area contributed by atoms with Crippen LogP contribution in [0.1, 0.15) is 5.56 Å². The first-order valence-corrected chi connectivity index (χ1v) is 5.80. The van der Waals surface area contributed by atoms with Crippen LogP contribution in [0.25, 0.3) is 11.1 Å². The smallest absolute Gasteiger partial charge is 0.407 e. The molecule has 0 radical (unpaired) electrons. The molecule has 2 aromatic heterocycles. The fourth-order valence-electron chi connectivity index (χ4n) is 2.05. The molecular weight excluding hydrogens is 264 g/mol. The highest BCUT2D eigenvalue weighted by Crippen LogP contribution is 2.20. The summed E-state index contributed by atoms with van der Waals surface area (Å²) in [6.45, 7) is 0.303. The standard InChI is InChI=1S/C12H10N4O4/c1-14-6-8(5-13-14)7-15-10-3-2-9(16(18)19)4-11(10)20-12(15)17/h2-6H,7H2,1H3. The first-order valence-electron chi connectivity index (χ1n) is 5.80. The molecule has 0 atom stereocenters. The summed E-state index contributed by atoms with van der Waals surface area (Å²) in [7, 11) is 1.78. The molecule has 0 aliphatic carbocycles. The fourth-order valence-corrected chi connectivity index (χ4v) is 2.05. The zero-order valence-electron chi connectivity index (χ0n) is 10.5. The Hall–Kier alpha value is -2.90. The molecule has 3 aromatic rings. The molecule has 20 heavy (non-hydrogen) atoms. The van der Waals surface area contributed by atoms with Gasteiger partial charge in [0.2, 0.25) is 0 Å². The molecule has 0 N–H and O–H groups in total. The molecule has 0 saturated carbocycles. The summed E-state index contributed by atoms with van der Waals surface area (Å²) < 4.78 is 8.09. The lowest BCUT2D eigenvalue weighted by atomic mass is 10.3. The maximum Gasteiger partial charge on any atom is 0.420 e. The minimum atomic E-state index is -0.552. The summed E-state index contributed by atoms with van der Waals surface area (Å²) in [6, 6.07) is 4.10. The number of nitro benzene ring substituents is 1.